The molecular formula is C120H107BN6S. The molecule has 0 bridgehead atoms. The van der Waals surface area contributed by atoms with E-state index in [1.807, 2.05) is 17.4 Å². The lowest BCUT2D eigenvalue weighted by Gasteiger charge is -2.45. The molecule has 0 saturated carbocycles. The van der Waals surface area contributed by atoms with Crippen molar-refractivity contribution in [2.45, 2.75) is 157 Å². The van der Waals surface area contributed by atoms with E-state index in [0.717, 1.165) is 154 Å². The molecule has 0 spiro atoms. The summed E-state index contributed by atoms with van der Waals surface area (Å²) in [6.45, 7) is 40.8. The Hall–Kier alpha value is -13.4. The van der Waals surface area contributed by atoms with Gasteiger partial charge < -0.3 is 28.1 Å². The third-order valence-corrected chi connectivity index (χ3v) is 28.9. The van der Waals surface area contributed by atoms with Crippen LogP contribution in [-0.4, -0.2) is 25.0 Å². The molecule has 0 fully saturated rings. The van der Waals surface area contributed by atoms with Crippen LogP contribution in [0.15, 0.2) is 321 Å². The van der Waals surface area contributed by atoms with Gasteiger partial charge in [-0.2, -0.15) is 0 Å². The van der Waals surface area contributed by atoms with E-state index in [1.165, 1.54) is 54.9 Å². The summed E-state index contributed by atoms with van der Waals surface area (Å²) in [5.41, 5.74) is 28.9. The quantitative estimate of drug-likeness (QED) is 0.142. The van der Waals surface area contributed by atoms with Crippen LogP contribution in [0.3, 0.4) is 0 Å². The Bertz CT molecular complexity index is 8440. The summed E-state index contributed by atoms with van der Waals surface area (Å²) in [5.74, 6) is 0. The van der Waals surface area contributed by atoms with Crippen LogP contribution in [0.2, 0.25) is 0 Å². The molecule has 23 rings (SSSR count). The van der Waals surface area contributed by atoms with Crippen LogP contribution in [0.4, 0.5) is 34.1 Å². The minimum atomic E-state index is -0.553. The first-order valence-corrected chi connectivity index (χ1v) is 46.0. The average molecular weight is 1680 g/mol. The number of anilines is 6. The first-order chi connectivity index (χ1) is 64.6. The highest BCUT2D eigenvalue weighted by Gasteiger charge is 2.46. The second-order valence-electron chi connectivity index (χ2n) is 42.1. The zero-order valence-electron chi connectivity index (χ0n) is 84.1. The van der Waals surface area contributed by atoms with Crippen LogP contribution in [0.5, 0.6) is 0 Å². The number of benzene rings is 16. The molecule has 0 unspecified atom stereocenters. The predicted octanol–water partition coefficient (Wildman–Crippen LogP) is 31.6. The maximum atomic E-state index is 10.0. The summed E-state index contributed by atoms with van der Waals surface area (Å²) in [5, 5.41) is 9.35. The molecule has 0 radical (unpaired) electrons. The summed E-state index contributed by atoms with van der Waals surface area (Å²) in [4.78, 5) is 5.05. The monoisotopic (exact) mass is 1680 g/mol. The molecule has 8 heteroatoms. The molecule has 7 heterocycles. The number of aromatic nitrogens is 4. The molecule has 0 atom stereocenters. The topological polar surface area (TPSA) is 26.2 Å². The van der Waals surface area contributed by atoms with E-state index >= 15 is 0 Å². The number of para-hydroxylation sites is 2. The van der Waals surface area contributed by atoms with E-state index in [2.05, 4.69) is 415 Å². The van der Waals surface area contributed by atoms with Crippen LogP contribution in [0.25, 0.3) is 152 Å². The molecule has 16 aromatic carbocycles. The predicted molar refractivity (Wildman–Crippen MR) is 554 cm³/mol. The summed E-state index contributed by atoms with van der Waals surface area (Å²) in [6, 6.07) is 99.3. The second-order valence-corrected chi connectivity index (χ2v) is 43.1. The lowest BCUT2D eigenvalue weighted by molar-refractivity contribution is 0.590. The molecule has 0 amide bonds. The average Bonchev–Trinajstić information content (AvgIpc) is 1.01. The molecule has 21 aromatic rings. The van der Waals surface area contributed by atoms with Crippen LogP contribution < -0.4 is 26.2 Å². The molecule has 0 N–H and O–H groups in total. The molecule has 5 aromatic heterocycles. The van der Waals surface area contributed by atoms with Crippen LogP contribution in [-0.2, 0) is 32.5 Å². The molecular weight excluding hydrogens is 1570 g/mol. The molecule has 0 saturated heterocycles. The number of hydrogen-bond donors (Lipinski definition) is 0. The van der Waals surface area contributed by atoms with Crippen molar-refractivity contribution in [2.75, 3.05) is 9.80 Å². The van der Waals surface area contributed by atoms with E-state index in [4.69, 9.17) is 0 Å². The maximum absolute atomic E-state index is 10.0. The van der Waals surface area contributed by atoms with Crippen molar-refractivity contribution >= 4 is 176 Å². The number of thiophene rings is 1. The Morgan fingerprint density at radius 2 is 0.555 bits per heavy atom. The molecule has 6 nitrogen and oxygen atoms in total. The standard InChI is InChI=1S/C120H107BN6S/c1-115(2,3)76-43-53-100-90(62-76)91-63-77(116(4,5)6)44-54-101(91)123(100)83-50-52-97-109(69-83)127(107-42-30-38-89-88-37-29-41-106(113(88)128-114(89)107)126-104-57-47-80(119(13,14)15)66-94(104)95-67-81(120(16,17)18)48-58-105(95)126)111-71-85(124-102-55-45-78(117(7,8)9)64-92(102)93-65-79(118(10,11)12)46-56-103(93)124)70-110-112(111)121(97)96-51-49-82(122-98-39-27-25-35-86(98)87-36-26-28-40-99(87)122)68-108(96)125(110)84-60-74(72-31-21-19-22-32-72)59-75(61-84)73-33-23-20-24-34-73/h19-71H,1-18H3/i25D,26D,27D,28D,35D,36D,39D,40D. The van der Waals surface area contributed by atoms with Crippen molar-refractivity contribution in [3.05, 3.63) is 355 Å². The number of hydrogen-bond acceptors (Lipinski definition) is 3. The van der Waals surface area contributed by atoms with E-state index in [9.17, 15) is 11.0 Å². The normalized spacial score (nSPS) is 14.4. The number of fused-ring (bicyclic) bond motifs is 19. The smallest absolute Gasteiger partial charge is 0.252 e. The van der Waals surface area contributed by atoms with Crippen molar-refractivity contribution in [3.8, 4) is 45.0 Å². The van der Waals surface area contributed by atoms with Crippen molar-refractivity contribution < 1.29 is 11.0 Å². The van der Waals surface area contributed by atoms with Gasteiger partial charge in [-0.1, -0.05) is 294 Å². The third kappa shape index (κ3) is 12.4. The minimum absolute atomic E-state index is 0.00586. The molecule has 2 aliphatic rings. The number of nitrogens with zero attached hydrogens (tertiary/aromatic N) is 6. The van der Waals surface area contributed by atoms with Gasteiger partial charge in [0.1, 0.15) is 0 Å². The summed E-state index contributed by atoms with van der Waals surface area (Å²) in [6.07, 6.45) is 0. The molecule has 128 heavy (non-hydrogen) atoms. The van der Waals surface area contributed by atoms with E-state index in [0.29, 0.717) is 5.69 Å². The zero-order valence-corrected chi connectivity index (χ0v) is 77.0. The Labute approximate surface area is 766 Å². The Morgan fingerprint density at radius 3 is 0.945 bits per heavy atom. The summed E-state index contributed by atoms with van der Waals surface area (Å²) < 4.78 is 88.4. The van der Waals surface area contributed by atoms with Crippen molar-refractivity contribution in [1.29, 1.82) is 0 Å². The first kappa shape index (κ1) is 70.7. The summed E-state index contributed by atoms with van der Waals surface area (Å²) >= 11 is 1.85. The fraction of sp³-hybridized carbons (Fsp3) is 0.200. The SMILES string of the molecule is [2H]c1c([2H])c([2H])c2c(c1[2H])c1c([2H])c([2H])c([2H])c([2H])c1n2-c1ccc2c(c1)N(c1cc(-c3ccccc3)cc(-c3ccccc3)c1)c1cc(-n3c4ccc(C(C)(C)C)cc4c4cc(C(C)(C)C)ccc43)cc3c1B2c1ccc(-n2c4ccc(C(C)(C)C)cc4c4cc(C(C)(C)C)ccc42)cc1N3c1cccc2c1sc1c(-n3c4ccc(C(C)(C)C)cc4c4cc(C(C)(C)C)ccc43)cccc12. The summed E-state index contributed by atoms with van der Waals surface area (Å²) in [7, 11) is 0. The molecule has 2 aliphatic heterocycles. The number of rotatable bonds is 8. The van der Waals surface area contributed by atoms with Crippen LogP contribution in [0.1, 0.15) is 169 Å². The van der Waals surface area contributed by atoms with Crippen molar-refractivity contribution in [3.63, 3.8) is 0 Å². The third-order valence-electron chi connectivity index (χ3n) is 27.7. The van der Waals surface area contributed by atoms with E-state index < -0.39 is 43.0 Å². The fourth-order valence-electron chi connectivity index (χ4n) is 20.7. The second kappa shape index (κ2) is 28.1. The van der Waals surface area contributed by atoms with Gasteiger partial charge in [-0.25, -0.2) is 0 Å². The van der Waals surface area contributed by atoms with Crippen molar-refractivity contribution in [1.82, 2.24) is 18.3 Å². The highest BCUT2D eigenvalue weighted by atomic mass is 32.1. The van der Waals surface area contributed by atoms with Gasteiger partial charge in [0.15, 0.2) is 0 Å². The minimum Gasteiger partial charge on any atom is -0.311 e. The van der Waals surface area contributed by atoms with Gasteiger partial charge in [0.25, 0.3) is 6.71 Å². The zero-order chi connectivity index (χ0) is 95.0. The van der Waals surface area contributed by atoms with Gasteiger partial charge in [0.05, 0.1) is 81.6 Å². The van der Waals surface area contributed by atoms with Crippen LogP contribution >= 0.6 is 11.3 Å². The fourth-order valence-corrected chi connectivity index (χ4v) is 22.0. The van der Waals surface area contributed by atoms with Gasteiger partial charge in [-0.3, -0.25) is 0 Å². The van der Waals surface area contributed by atoms with Crippen LogP contribution in [0, 0.1) is 0 Å². The largest absolute Gasteiger partial charge is 0.311 e. The van der Waals surface area contributed by atoms with Crippen molar-refractivity contribution in [2.24, 2.45) is 0 Å². The molecule has 626 valence electrons. The highest BCUT2D eigenvalue weighted by Crippen LogP contribution is 2.54. The Kier molecular flexibility index (Phi) is 15.5. The lowest BCUT2D eigenvalue weighted by Crippen LogP contribution is -2.61. The van der Waals surface area contributed by atoms with Gasteiger partial charge in [0, 0.05) is 93.7 Å². The Morgan fingerprint density at radius 1 is 0.227 bits per heavy atom. The van der Waals surface area contributed by atoms with Gasteiger partial charge in [-0.05, 0) is 256 Å². The first-order valence-electron chi connectivity index (χ1n) is 49.1. The molecule has 0 aliphatic carbocycles. The maximum Gasteiger partial charge on any atom is 0.252 e. The van der Waals surface area contributed by atoms with E-state index in [-0.39, 0.29) is 66.4 Å². The van der Waals surface area contributed by atoms with Gasteiger partial charge in [0.2, 0.25) is 0 Å². The lowest BCUT2D eigenvalue weighted by atomic mass is 9.33. The Balaban J connectivity index is 0.897. The highest BCUT2D eigenvalue weighted by molar-refractivity contribution is 7.27. The van der Waals surface area contributed by atoms with E-state index in [1.54, 1.807) is 4.57 Å². The van der Waals surface area contributed by atoms with Gasteiger partial charge in [-0.15, -0.1) is 11.3 Å². The van der Waals surface area contributed by atoms with Gasteiger partial charge >= 0.3 is 0 Å².